The molecule has 0 bridgehead atoms. The van der Waals surface area contributed by atoms with Gasteiger partial charge in [-0.25, -0.2) is 8.78 Å². The van der Waals surface area contributed by atoms with Crippen molar-refractivity contribution < 1.29 is 18.7 Å². The first kappa shape index (κ1) is 21.5. The van der Waals surface area contributed by atoms with Crippen molar-refractivity contribution in [2.24, 2.45) is 11.8 Å². The number of aliphatic hydroxyl groups excluding tert-OH is 1. The lowest BCUT2D eigenvalue weighted by molar-refractivity contribution is -0.164. The Kier molecular flexibility index (Phi) is 6.30. The van der Waals surface area contributed by atoms with Crippen LogP contribution in [0.2, 0.25) is 5.02 Å². The number of aromatic nitrogens is 2. The number of piperidine rings is 1. The highest BCUT2D eigenvalue weighted by molar-refractivity contribution is 6.31. The van der Waals surface area contributed by atoms with E-state index in [-0.39, 0.29) is 29.3 Å². The molecule has 1 saturated carbocycles. The van der Waals surface area contributed by atoms with Crippen LogP contribution in [-0.2, 0) is 4.79 Å². The molecular weight excluding hydrogens is 412 g/mol. The van der Waals surface area contributed by atoms with Gasteiger partial charge in [-0.2, -0.15) is 5.10 Å². The first-order valence-electron chi connectivity index (χ1n) is 10.8. The van der Waals surface area contributed by atoms with Crippen LogP contribution >= 0.6 is 11.6 Å². The number of aromatic amines is 1. The third-order valence-corrected chi connectivity index (χ3v) is 7.00. The number of fused-ring (bicyclic) bond motifs is 1. The number of likely N-dealkylation sites (tertiary alicyclic amines) is 1. The molecule has 4 rings (SSSR count). The van der Waals surface area contributed by atoms with Crippen LogP contribution < -0.4 is 0 Å². The van der Waals surface area contributed by atoms with Crippen molar-refractivity contribution in [3.63, 3.8) is 0 Å². The van der Waals surface area contributed by atoms with E-state index in [4.69, 9.17) is 11.6 Å². The molecule has 1 aliphatic carbocycles. The number of nitrogens with zero attached hydrogens (tertiary/aromatic N) is 2. The number of hydrogen-bond acceptors (Lipinski definition) is 3. The Morgan fingerprint density at radius 2 is 1.93 bits per heavy atom. The molecule has 1 amide bonds. The normalized spacial score (nSPS) is 20.6. The summed E-state index contributed by atoms with van der Waals surface area (Å²) in [5.41, 5.74) is 0.419. The average molecular weight is 440 g/mol. The molecule has 2 heterocycles. The minimum Gasteiger partial charge on any atom is -0.382 e. The summed E-state index contributed by atoms with van der Waals surface area (Å²) in [6.07, 6.45) is 6.16. The van der Waals surface area contributed by atoms with E-state index in [9.17, 15) is 9.90 Å². The zero-order chi connectivity index (χ0) is 21.3. The van der Waals surface area contributed by atoms with Gasteiger partial charge in [-0.3, -0.25) is 9.89 Å². The molecule has 1 unspecified atom stereocenters. The summed E-state index contributed by atoms with van der Waals surface area (Å²) in [6, 6.07) is 2.98. The fourth-order valence-electron chi connectivity index (χ4n) is 4.97. The molecule has 5 nitrogen and oxygen atoms in total. The van der Waals surface area contributed by atoms with Gasteiger partial charge in [0.1, 0.15) is 6.10 Å². The van der Waals surface area contributed by atoms with Crippen LogP contribution in [0.1, 0.15) is 63.0 Å². The van der Waals surface area contributed by atoms with Crippen LogP contribution in [-0.4, -0.2) is 45.1 Å². The molecule has 2 aromatic rings. The van der Waals surface area contributed by atoms with Crippen molar-refractivity contribution in [2.45, 2.75) is 63.4 Å². The smallest absolute Gasteiger partial charge is 0.280 e. The summed E-state index contributed by atoms with van der Waals surface area (Å²) in [5, 5.41) is 18.0. The van der Waals surface area contributed by atoms with Crippen molar-refractivity contribution >= 4 is 28.4 Å². The van der Waals surface area contributed by atoms with Gasteiger partial charge in [0, 0.05) is 41.4 Å². The molecule has 1 saturated heterocycles. The van der Waals surface area contributed by atoms with Gasteiger partial charge in [-0.15, -0.1) is 0 Å². The fourth-order valence-corrected chi connectivity index (χ4v) is 5.21. The van der Waals surface area contributed by atoms with E-state index in [0.29, 0.717) is 36.3 Å². The molecule has 30 heavy (non-hydrogen) atoms. The minimum absolute atomic E-state index is 0.0517. The summed E-state index contributed by atoms with van der Waals surface area (Å²) < 4.78 is 30.4. The third-order valence-electron chi connectivity index (χ3n) is 6.78. The Hall–Kier alpha value is -1.73. The lowest BCUT2D eigenvalue weighted by atomic mass is 9.84. The second-order valence-corrected chi connectivity index (χ2v) is 9.21. The Morgan fingerprint density at radius 1 is 1.23 bits per heavy atom. The molecule has 164 valence electrons. The Bertz CT molecular complexity index is 890. The first-order chi connectivity index (χ1) is 14.4. The van der Waals surface area contributed by atoms with Crippen molar-refractivity contribution in [2.75, 3.05) is 13.1 Å². The average Bonchev–Trinajstić information content (AvgIpc) is 3.21. The summed E-state index contributed by atoms with van der Waals surface area (Å²) >= 11 is 6.05. The van der Waals surface area contributed by atoms with Gasteiger partial charge in [0.2, 0.25) is 5.91 Å². The molecule has 8 heteroatoms. The number of H-pyrrole nitrogens is 1. The summed E-state index contributed by atoms with van der Waals surface area (Å²) in [5.74, 6) is -3.81. The third kappa shape index (κ3) is 4.33. The number of benzene rings is 1. The number of rotatable bonds is 5. The molecule has 1 aromatic heterocycles. The summed E-state index contributed by atoms with van der Waals surface area (Å²) in [7, 11) is 0. The molecule has 1 aliphatic heterocycles. The number of amides is 1. The van der Waals surface area contributed by atoms with Crippen LogP contribution in [0.25, 0.3) is 10.9 Å². The molecular formula is C22H28ClF2N3O2. The van der Waals surface area contributed by atoms with E-state index in [1.807, 2.05) is 0 Å². The van der Waals surface area contributed by atoms with Gasteiger partial charge in [-0.1, -0.05) is 30.9 Å². The lowest BCUT2D eigenvalue weighted by Gasteiger charge is -2.38. The summed E-state index contributed by atoms with van der Waals surface area (Å²) in [6.45, 7) is 0.626. The lowest BCUT2D eigenvalue weighted by Crippen LogP contribution is -2.45. The molecule has 1 atom stereocenters. The number of halogens is 3. The van der Waals surface area contributed by atoms with E-state index < -0.39 is 17.9 Å². The van der Waals surface area contributed by atoms with Gasteiger partial charge in [0.15, 0.2) is 0 Å². The van der Waals surface area contributed by atoms with E-state index in [2.05, 4.69) is 10.2 Å². The van der Waals surface area contributed by atoms with Crippen LogP contribution in [0.3, 0.4) is 0 Å². The highest BCUT2D eigenvalue weighted by Gasteiger charge is 2.48. The van der Waals surface area contributed by atoms with E-state index in [1.54, 1.807) is 11.0 Å². The van der Waals surface area contributed by atoms with Crippen molar-refractivity contribution in [1.29, 1.82) is 0 Å². The van der Waals surface area contributed by atoms with Crippen molar-refractivity contribution in [3.05, 3.63) is 28.9 Å². The second-order valence-electron chi connectivity index (χ2n) is 8.77. The van der Waals surface area contributed by atoms with Crippen molar-refractivity contribution in [1.82, 2.24) is 15.1 Å². The molecule has 2 N–H and O–H groups in total. The number of carbonyl (C=O) groups is 1. The highest BCUT2D eigenvalue weighted by atomic mass is 35.5. The zero-order valence-electron chi connectivity index (χ0n) is 16.9. The van der Waals surface area contributed by atoms with E-state index >= 15 is 8.78 Å². The van der Waals surface area contributed by atoms with Gasteiger partial charge >= 0.3 is 0 Å². The number of nitrogens with one attached hydrogen (secondary N) is 1. The van der Waals surface area contributed by atoms with Gasteiger partial charge < -0.3 is 10.0 Å². The Morgan fingerprint density at radius 3 is 2.63 bits per heavy atom. The predicted molar refractivity (Wildman–Crippen MR) is 112 cm³/mol. The predicted octanol–water partition coefficient (Wildman–Crippen LogP) is 5.09. The quantitative estimate of drug-likeness (QED) is 0.681. The maximum absolute atomic E-state index is 15.2. The van der Waals surface area contributed by atoms with Gasteiger partial charge in [0.25, 0.3) is 5.92 Å². The molecule has 0 spiro atoms. The topological polar surface area (TPSA) is 69.2 Å². The summed E-state index contributed by atoms with van der Waals surface area (Å²) in [4.78, 5) is 14.3. The van der Waals surface area contributed by atoms with E-state index in [1.165, 1.54) is 31.5 Å². The first-order valence-corrected chi connectivity index (χ1v) is 11.2. The Balaban J connectivity index is 1.40. The maximum atomic E-state index is 15.2. The van der Waals surface area contributed by atoms with Gasteiger partial charge in [-0.05, 0) is 43.7 Å². The zero-order valence-corrected chi connectivity index (χ0v) is 17.7. The highest BCUT2D eigenvalue weighted by Crippen LogP contribution is 2.44. The van der Waals surface area contributed by atoms with Crippen molar-refractivity contribution in [3.8, 4) is 0 Å². The number of carbonyl (C=O) groups excluding carboxylic acids is 1. The van der Waals surface area contributed by atoms with Crippen LogP contribution in [0.15, 0.2) is 18.3 Å². The van der Waals surface area contributed by atoms with E-state index in [0.717, 1.165) is 12.8 Å². The number of alkyl halides is 2. The number of hydrogen-bond donors (Lipinski definition) is 2. The largest absolute Gasteiger partial charge is 0.382 e. The molecule has 1 aromatic carbocycles. The second kappa shape index (κ2) is 8.79. The number of aliphatic hydroxyl groups is 1. The fraction of sp³-hybridized carbons (Fsp3) is 0.636. The SMILES string of the molecule is O=C(CC1CCCCC1)N1CCC(C(F)(F)C(O)c2cc(Cl)cc3cn[nH]c23)CC1. The molecule has 2 fully saturated rings. The van der Waals surface area contributed by atoms with Crippen LogP contribution in [0, 0.1) is 11.8 Å². The van der Waals surface area contributed by atoms with Crippen LogP contribution in [0.5, 0.6) is 0 Å². The standard InChI is InChI=1S/C22H28ClF2N3O2/c23-17-11-15-13-26-27-20(15)18(12-17)21(30)22(24,25)16-6-8-28(9-7-16)19(29)10-14-4-2-1-3-5-14/h11-14,16,21,30H,1-10H2,(H,26,27). The molecule has 2 aliphatic rings. The Labute approximate surface area is 179 Å². The minimum atomic E-state index is -3.33. The van der Waals surface area contributed by atoms with Crippen LogP contribution in [0.4, 0.5) is 8.78 Å². The monoisotopic (exact) mass is 439 g/mol. The molecule has 0 radical (unpaired) electrons. The van der Waals surface area contributed by atoms with Gasteiger partial charge in [0.05, 0.1) is 11.7 Å². The maximum Gasteiger partial charge on any atom is 0.280 e.